The SMILES string of the molecule is CC(O)C(O)c1cc[c]cc1. The van der Waals surface area contributed by atoms with Crippen LogP contribution in [0.25, 0.3) is 0 Å². The van der Waals surface area contributed by atoms with E-state index in [2.05, 4.69) is 6.07 Å². The normalized spacial score (nSPS) is 15.9. The van der Waals surface area contributed by atoms with E-state index in [1.54, 1.807) is 31.2 Å². The smallest absolute Gasteiger partial charge is 0.105 e. The van der Waals surface area contributed by atoms with Crippen molar-refractivity contribution in [2.75, 3.05) is 0 Å². The molecule has 0 aromatic heterocycles. The zero-order chi connectivity index (χ0) is 8.27. The molecule has 0 bridgehead atoms. The Morgan fingerprint density at radius 2 is 1.82 bits per heavy atom. The lowest BCUT2D eigenvalue weighted by molar-refractivity contribution is 0.0305. The van der Waals surface area contributed by atoms with Gasteiger partial charge in [0.1, 0.15) is 6.10 Å². The van der Waals surface area contributed by atoms with Crippen LogP contribution in [0.3, 0.4) is 0 Å². The number of aliphatic hydroxyl groups excluding tert-OH is 2. The molecule has 0 aliphatic carbocycles. The second-order valence-electron chi connectivity index (χ2n) is 2.52. The van der Waals surface area contributed by atoms with Gasteiger partial charge >= 0.3 is 0 Å². The van der Waals surface area contributed by atoms with Crippen molar-refractivity contribution in [2.45, 2.75) is 19.1 Å². The Kier molecular flexibility index (Phi) is 2.63. The van der Waals surface area contributed by atoms with Crippen LogP contribution in [0.2, 0.25) is 0 Å². The van der Waals surface area contributed by atoms with Crippen LogP contribution < -0.4 is 0 Å². The summed E-state index contributed by atoms with van der Waals surface area (Å²) in [6.45, 7) is 1.56. The van der Waals surface area contributed by atoms with Crippen molar-refractivity contribution in [3.05, 3.63) is 35.9 Å². The van der Waals surface area contributed by atoms with Gasteiger partial charge in [0.05, 0.1) is 6.10 Å². The fourth-order valence-corrected chi connectivity index (χ4v) is 0.875. The van der Waals surface area contributed by atoms with E-state index in [0.29, 0.717) is 0 Å². The maximum absolute atomic E-state index is 9.33. The Morgan fingerprint density at radius 3 is 2.27 bits per heavy atom. The van der Waals surface area contributed by atoms with E-state index in [9.17, 15) is 5.11 Å². The molecule has 0 saturated carbocycles. The quantitative estimate of drug-likeness (QED) is 0.659. The van der Waals surface area contributed by atoms with Crippen LogP contribution in [0.15, 0.2) is 24.3 Å². The van der Waals surface area contributed by atoms with Gasteiger partial charge in [-0.3, -0.25) is 0 Å². The van der Waals surface area contributed by atoms with Gasteiger partial charge in [-0.05, 0) is 18.6 Å². The molecule has 2 N–H and O–H groups in total. The lowest BCUT2D eigenvalue weighted by Gasteiger charge is -2.12. The average molecular weight is 151 g/mol. The Labute approximate surface area is 66.1 Å². The van der Waals surface area contributed by atoms with Gasteiger partial charge < -0.3 is 10.2 Å². The van der Waals surface area contributed by atoms with E-state index < -0.39 is 12.2 Å². The summed E-state index contributed by atoms with van der Waals surface area (Å²) >= 11 is 0. The van der Waals surface area contributed by atoms with Gasteiger partial charge in [0.15, 0.2) is 0 Å². The molecule has 11 heavy (non-hydrogen) atoms. The van der Waals surface area contributed by atoms with E-state index in [4.69, 9.17) is 5.11 Å². The van der Waals surface area contributed by atoms with E-state index in [1.807, 2.05) is 0 Å². The molecule has 0 spiro atoms. The Balaban J connectivity index is 2.77. The van der Waals surface area contributed by atoms with E-state index in [-0.39, 0.29) is 0 Å². The van der Waals surface area contributed by atoms with Crippen molar-refractivity contribution < 1.29 is 10.2 Å². The molecule has 0 fully saturated rings. The summed E-state index contributed by atoms with van der Waals surface area (Å²) in [6, 6.07) is 9.72. The predicted octanol–water partition coefficient (Wildman–Crippen LogP) is 0.901. The summed E-state index contributed by atoms with van der Waals surface area (Å²) in [4.78, 5) is 0. The van der Waals surface area contributed by atoms with Crippen LogP contribution in [0.4, 0.5) is 0 Å². The topological polar surface area (TPSA) is 40.5 Å². The minimum Gasteiger partial charge on any atom is -0.390 e. The van der Waals surface area contributed by atoms with E-state index in [1.165, 1.54) is 0 Å². The Bertz CT molecular complexity index is 206. The number of aliphatic hydroxyl groups is 2. The van der Waals surface area contributed by atoms with Crippen molar-refractivity contribution >= 4 is 0 Å². The number of benzene rings is 1. The second-order valence-corrected chi connectivity index (χ2v) is 2.52. The van der Waals surface area contributed by atoms with Crippen molar-refractivity contribution in [3.63, 3.8) is 0 Å². The second kappa shape index (κ2) is 3.51. The molecule has 0 aliphatic heterocycles. The number of hydrogen-bond acceptors (Lipinski definition) is 2. The average Bonchev–Trinajstić information content (AvgIpc) is 2.05. The Morgan fingerprint density at radius 1 is 1.27 bits per heavy atom. The molecule has 0 heterocycles. The molecule has 1 aromatic rings. The van der Waals surface area contributed by atoms with E-state index in [0.717, 1.165) is 5.56 Å². The third-order valence-electron chi connectivity index (χ3n) is 1.54. The van der Waals surface area contributed by atoms with Gasteiger partial charge in [-0.1, -0.05) is 24.3 Å². The van der Waals surface area contributed by atoms with Crippen molar-refractivity contribution in [1.29, 1.82) is 0 Å². The van der Waals surface area contributed by atoms with Gasteiger partial charge in [0, 0.05) is 0 Å². The monoisotopic (exact) mass is 151 g/mol. The fraction of sp³-hybridized carbons (Fsp3) is 0.333. The van der Waals surface area contributed by atoms with Crippen molar-refractivity contribution in [3.8, 4) is 0 Å². The highest BCUT2D eigenvalue weighted by atomic mass is 16.3. The molecule has 2 heteroatoms. The molecule has 2 unspecified atom stereocenters. The van der Waals surface area contributed by atoms with Gasteiger partial charge in [0.25, 0.3) is 0 Å². The summed E-state index contributed by atoms with van der Waals surface area (Å²) in [5.74, 6) is 0. The molecule has 0 aliphatic rings. The molecular formula is C9H11O2. The largest absolute Gasteiger partial charge is 0.390 e. The van der Waals surface area contributed by atoms with Crippen LogP contribution in [-0.2, 0) is 0 Å². The maximum atomic E-state index is 9.33. The standard InChI is InChI=1S/C9H11O2/c1-7(10)9(11)8-5-3-2-4-6-8/h3-7,9-11H,1H3. The highest BCUT2D eigenvalue weighted by Crippen LogP contribution is 2.14. The third kappa shape index (κ3) is 2.03. The number of hydrogen-bond donors (Lipinski definition) is 2. The highest BCUT2D eigenvalue weighted by molar-refractivity contribution is 5.17. The minimum absolute atomic E-state index is 0.721. The van der Waals surface area contributed by atoms with Crippen molar-refractivity contribution in [1.82, 2.24) is 0 Å². The van der Waals surface area contributed by atoms with Crippen LogP contribution in [0, 0.1) is 6.07 Å². The summed E-state index contributed by atoms with van der Waals surface area (Å²) in [6.07, 6.45) is -1.51. The summed E-state index contributed by atoms with van der Waals surface area (Å²) in [5.41, 5.74) is 0.721. The summed E-state index contributed by atoms with van der Waals surface area (Å²) in [7, 11) is 0. The number of rotatable bonds is 2. The third-order valence-corrected chi connectivity index (χ3v) is 1.54. The fourth-order valence-electron chi connectivity index (χ4n) is 0.875. The van der Waals surface area contributed by atoms with Crippen LogP contribution in [0.1, 0.15) is 18.6 Å². The lowest BCUT2D eigenvalue weighted by atomic mass is 10.1. The van der Waals surface area contributed by atoms with Gasteiger partial charge in [0.2, 0.25) is 0 Å². The zero-order valence-corrected chi connectivity index (χ0v) is 6.36. The molecule has 0 saturated heterocycles. The lowest BCUT2D eigenvalue weighted by Crippen LogP contribution is -2.13. The van der Waals surface area contributed by atoms with Crippen LogP contribution in [-0.4, -0.2) is 16.3 Å². The van der Waals surface area contributed by atoms with Crippen LogP contribution in [0.5, 0.6) is 0 Å². The first-order chi connectivity index (χ1) is 5.22. The van der Waals surface area contributed by atoms with E-state index >= 15 is 0 Å². The molecule has 1 rings (SSSR count). The summed E-state index contributed by atoms with van der Waals surface area (Å²) < 4.78 is 0. The van der Waals surface area contributed by atoms with Gasteiger partial charge in [-0.25, -0.2) is 0 Å². The zero-order valence-electron chi connectivity index (χ0n) is 6.36. The highest BCUT2D eigenvalue weighted by Gasteiger charge is 2.11. The molecule has 59 valence electrons. The first kappa shape index (κ1) is 8.24. The minimum atomic E-state index is -0.787. The molecule has 2 atom stereocenters. The van der Waals surface area contributed by atoms with Crippen LogP contribution >= 0.6 is 0 Å². The first-order valence-electron chi connectivity index (χ1n) is 3.54. The van der Waals surface area contributed by atoms with Gasteiger partial charge in [-0.15, -0.1) is 0 Å². The molecule has 1 radical (unpaired) electrons. The molecule has 0 amide bonds. The van der Waals surface area contributed by atoms with Crippen molar-refractivity contribution in [2.24, 2.45) is 0 Å². The van der Waals surface area contributed by atoms with Gasteiger partial charge in [-0.2, -0.15) is 0 Å². The maximum Gasteiger partial charge on any atom is 0.105 e. The predicted molar refractivity (Wildman–Crippen MR) is 41.9 cm³/mol. The Hall–Kier alpha value is -0.860. The first-order valence-corrected chi connectivity index (χ1v) is 3.54. The molecule has 1 aromatic carbocycles. The molecule has 2 nitrogen and oxygen atoms in total. The molecular weight excluding hydrogens is 140 g/mol. The summed E-state index contributed by atoms with van der Waals surface area (Å²) in [5, 5.41) is 18.3.